The number of pyridine rings is 1. The topological polar surface area (TPSA) is 68.0 Å². The average molecular weight is 390 g/mol. The molecule has 0 bridgehead atoms. The van der Waals surface area contributed by atoms with E-state index in [1.54, 1.807) is 18.2 Å². The SMILES string of the molecule is O=C(O)c1cnc2c(C(F)(F)F)nn(Cc3c(Cl)cccc3Cl)c2c1. The molecule has 3 rings (SSSR count). The fraction of sp³-hybridized carbons (Fsp3) is 0.133. The molecule has 0 saturated heterocycles. The molecule has 0 fully saturated rings. The van der Waals surface area contributed by atoms with E-state index in [9.17, 15) is 18.0 Å². The molecule has 0 atom stereocenters. The first-order chi connectivity index (χ1) is 11.7. The molecule has 0 unspecified atom stereocenters. The summed E-state index contributed by atoms with van der Waals surface area (Å²) in [6.45, 7) is -0.171. The van der Waals surface area contributed by atoms with Crippen molar-refractivity contribution in [2.75, 3.05) is 0 Å². The van der Waals surface area contributed by atoms with Gasteiger partial charge in [-0.15, -0.1) is 0 Å². The van der Waals surface area contributed by atoms with Crippen LogP contribution < -0.4 is 0 Å². The molecular formula is C15H8Cl2F3N3O2. The van der Waals surface area contributed by atoms with Crippen molar-refractivity contribution in [3.8, 4) is 0 Å². The number of benzene rings is 1. The Morgan fingerprint density at radius 3 is 2.44 bits per heavy atom. The number of nitrogens with zero attached hydrogens (tertiary/aromatic N) is 3. The number of rotatable bonds is 3. The van der Waals surface area contributed by atoms with Crippen LogP contribution in [0.1, 0.15) is 21.6 Å². The van der Waals surface area contributed by atoms with Crippen molar-refractivity contribution in [1.82, 2.24) is 14.8 Å². The summed E-state index contributed by atoms with van der Waals surface area (Å²) in [7, 11) is 0. The van der Waals surface area contributed by atoms with Gasteiger partial charge in [0.25, 0.3) is 0 Å². The second-order valence-corrected chi connectivity index (χ2v) is 5.92. The van der Waals surface area contributed by atoms with Crippen LogP contribution in [0.4, 0.5) is 13.2 Å². The second-order valence-electron chi connectivity index (χ2n) is 5.10. The number of fused-ring (bicyclic) bond motifs is 1. The smallest absolute Gasteiger partial charge is 0.437 e. The Morgan fingerprint density at radius 1 is 1.24 bits per heavy atom. The number of aromatic carboxylic acids is 1. The molecule has 0 saturated carbocycles. The maximum atomic E-state index is 13.2. The van der Waals surface area contributed by atoms with Crippen molar-refractivity contribution >= 4 is 40.2 Å². The van der Waals surface area contributed by atoms with Crippen LogP contribution in [0.25, 0.3) is 11.0 Å². The summed E-state index contributed by atoms with van der Waals surface area (Å²) in [4.78, 5) is 14.7. The zero-order chi connectivity index (χ0) is 18.4. The quantitative estimate of drug-likeness (QED) is 0.715. The van der Waals surface area contributed by atoms with E-state index in [0.29, 0.717) is 5.56 Å². The van der Waals surface area contributed by atoms with Crippen molar-refractivity contribution in [3.63, 3.8) is 0 Å². The molecule has 5 nitrogen and oxygen atoms in total. The lowest BCUT2D eigenvalue weighted by atomic mass is 10.2. The maximum Gasteiger partial charge on any atom is 0.437 e. The maximum absolute atomic E-state index is 13.2. The second kappa shape index (κ2) is 6.20. The molecule has 0 radical (unpaired) electrons. The molecule has 3 aromatic rings. The Balaban J connectivity index is 2.23. The number of hydrogen-bond acceptors (Lipinski definition) is 3. The molecule has 1 aromatic carbocycles. The highest BCUT2D eigenvalue weighted by Gasteiger charge is 2.38. The summed E-state index contributed by atoms with van der Waals surface area (Å²) in [6.07, 6.45) is -3.89. The zero-order valence-electron chi connectivity index (χ0n) is 12.2. The number of halogens is 5. The van der Waals surface area contributed by atoms with Crippen LogP contribution in [0.15, 0.2) is 30.5 Å². The first kappa shape index (κ1) is 17.5. The third-order valence-electron chi connectivity index (χ3n) is 3.48. The molecule has 1 N–H and O–H groups in total. The molecule has 130 valence electrons. The average Bonchev–Trinajstić information content (AvgIpc) is 2.89. The largest absolute Gasteiger partial charge is 0.478 e. The van der Waals surface area contributed by atoms with Crippen LogP contribution in [-0.2, 0) is 12.7 Å². The van der Waals surface area contributed by atoms with Gasteiger partial charge >= 0.3 is 12.1 Å². The molecule has 25 heavy (non-hydrogen) atoms. The van der Waals surface area contributed by atoms with Crippen LogP contribution in [0.3, 0.4) is 0 Å². The third-order valence-corrected chi connectivity index (χ3v) is 4.18. The highest BCUT2D eigenvalue weighted by Crippen LogP contribution is 2.34. The third kappa shape index (κ3) is 3.27. The number of hydrogen-bond donors (Lipinski definition) is 1. The lowest BCUT2D eigenvalue weighted by molar-refractivity contribution is -0.140. The van der Waals surface area contributed by atoms with Crippen LogP contribution in [0.5, 0.6) is 0 Å². The van der Waals surface area contributed by atoms with Gasteiger partial charge in [0.2, 0.25) is 0 Å². The monoisotopic (exact) mass is 389 g/mol. The van der Waals surface area contributed by atoms with Crippen LogP contribution in [-0.4, -0.2) is 25.8 Å². The molecule has 2 aromatic heterocycles. The summed E-state index contributed by atoms with van der Waals surface area (Å²) in [5.74, 6) is -1.31. The summed E-state index contributed by atoms with van der Waals surface area (Å²) < 4.78 is 40.6. The van der Waals surface area contributed by atoms with Crippen molar-refractivity contribution < 1.29 is 23.1 Å². The van der Waals surface area contributed by atoms with E-state index in [-0.39, 0.29) is 27.7 Å². The van der Waals surface area contributed by atoms with Crippen molar-refractivity contribution in [2.45, 2.75) is 12.7 Å². The molecule has 10 heteroatoms. The molecular weight excluding hydrogens is 382 g/mol. The molecule has 2 heterocycles. The fourth-order valence-corrected chi connectivity index (χ4v) is 2.83. The van der Waals surface area contributed by atoms with E-state index in [0.717, 1.165) is 16.9 Å². The lowest BCUT2D eigenvalue weighted by Gasteiger charge is -2.08. The summed E-state index contributed by atoms with van der Waals surface area (Å²) in [5.41, 5.74) is -1.62. The number of carboxylic acids is 1. The van der Waals surface area contributed by atoms with E-state index < -0.39 is 23.4 Å². The Bertz CT molecular complexity index is 966. The van der Waals surface area contributed by atoms with Crippen LogP contribution in [0, 0.1) is 0 Å². The molecule has 0 spiro atoms. The molecule has 0 amide bonds. The predicted molar refractivity (Wildman–Crippen MR) is 85.1 cm³/mol. The standard InChI is InChI=1S/C15H8Cl2F3N3O2/c16-9-2-1-3-10(17)8(9)6-23-11-4-7(14(24)25)5-21-12(11)13(22-23)15(18,19)20/h1-5H,6H2,(H,24,25). The lowest BCUT2D eigenvalue weighted by Crippen LogP contribution is -2.09. The van der Waals surface area contributed by atoms with Crippen LogP contribution in [0.2, 0.25) is 10.0 Å². The van der Waals surface area contributed by atoms with Gasteiger partial charge in [-0.25, -0.2) is 4.79 Å². The Morgan fingerprint density at radius 2 is 1.88 bits per heavy atom. The minimum Gasteiger partial charge on any atom is -0.478 e. The van der Waals surface area contributed by atoms with Gasteiger partial charge < -0.3 is 5.11 Å². The van der Waals surface area contributed by atoms with Crippen LogP contribution >= 0.6 is 23.2 Å². The van der Waals surface area contributed by atoms with Crippen molar-refractivity contribution in [3.05, 3.63) is 57.3 Å². The minimum absolute atomic E-state index is 0.0804. The first-order valence-corrected chi connectivity index (χ1v) is 7.54. The Kier molecular flexibility index (Phi) is 4.34. The van der Waals surface area contributed by atoms with Gasteiger partial charge in [0.1, 0.15) is 5.52 Å². The summed E-state index contributed by atoms with van der Waals surface area (Å²) in [5, 5.41) is 13.1. The molecule has 0 aliphatic heterocycles. The van der Waals surface area contributed by atoms with E-state index in [2.05, 4.69) is 10.1 Å². The number of alkyl halides is 3. The number of carbonyl (C=O) groups is 1. The Hall–Kier alpha value is -2.32. The van der Waals surface area contributed by atoms with Gasteiger partial charge in [0, 0.05) is 21.8 Å². The first-order valence-electron chi connectivity index (χ1n) is 6.78. The number of carboxylic acid groups (broad SMARTS) is 1. The Labute approximate surface area is 148 Å². The van der Waals surface area contributed by atoms with Gasteiger partial charge in [0.15, 0.2) is 5.69 Å². The normalized spacial score (nSPS) is 11.9. The van der Waals surface area contributed by atoms with Gasteiger partial charge in [-0.05, 0) is 18.2 Å². The van der Waals surface area contributed by atoms with E-state index >= 15 is 0 Å². The van der Waals surface area contributed by atoms with Gasteiger partial charge in [0.05, 0.1) is 17.6 Å². The van der Waals surface area contributed by atoms with Gasteiger partial charge in [-0.2, -0.15) is 18.3 Å². The van der Waals surface area contributed by atoms with E-state index in [1.165, 1.54) is 0 Å². The van der Waals surface area contributed by atoms with Crippen molar-refractivity contribution in [1.29, 1.82) is 0 Å². The molecule has 0 aliphatic rings. The minimum atomic E-state index is -4.74. The summed E-state index contributed by atoms with van der Waals surface area (Å²) >= 11 is 12.1. The predicted octanol–water partition coefficient (Wildman–Crippen LogP) is 4.50. The van der Waals surface area contributed by atoms with Crippen molar-refractivity contribution in [2.24, 2.45) is 0 Å². The zero-order valence-corrected chi connectivity index (χ0v) is 13.7. The molecule has 0 aliphatic carbocycles. The fourth-order valence-electron chi connectivity index (χ4n) is 2.32. The van der Waals surface area contributed by atoms with Gasteiger partial charge in [-0.3, -0.25) is 9.67 Å². The highest BCUT2D eigenvalue weighted by atomic mass is 35.5. The number of aromatic nitrogens is 3. The van der Waals surface area contributed by atoms with E-state index in [4.69, 9.17) is 28.3 Å². The van der Waals surface area contributed by atoms with Gasteiger partial charge in [-0.1, -0.05) is 29.3 Å². The highest BCUT2D eigenvalue weighted by molar-refractivity contribution is 6.36. The summed E-state index contributed by atoms with van der Waals surface area (Å²) in [6, 6.07) is 5.76. The van der Waals surface area contributed by atoms with E-state index in [1.807, 2.05) is 0 Å².